The zero-order valence-corrected chi connectivity index (χ0v) is 11.5. The number of ether oxygens (including phenoxy) is 1. The standard InChI is InChI=1S/C16H20O3/c1-16(2)9-12-6-5-11(7-14(12)19-16)13(8-15(17)18)10-3-4-10/h5-7,10,13H,3-4,8-9H2,1-2H3,(H,17,18). The van der Waals surface area contributed by atoms with Crippen LogP contribution in [-0.2, 0) is 11.2 Å². The number of rotatable bonds is 4. The van der Waals surface area contributed by atoms with E-state index in [4.69, 9.17) is 9.84 Å². The van der Waals surface area contributed by atoms with Gasteiger partial charge in [0.05, 0.1) is 6.42 Å². The molecule has 1 aliphatic carbocycles. The summed E-state index contributed by atoms with van der Waals surface area (Å²) in [5, 5.41) is 9.07. The minimum absolute atomic E-state index is 0.136. The SMILES string of the molecule is CC1(C)Cc2ccc(C(CC(=O)O)C3CC3)cc2O1. The fraction of sp³-hybridized carbons (Fsp3) is 0.562. The average Bonchev–Trinajstić information content (AvgIpc) is 3.07. The van der Waals surface area contributed by atoms with Gasteiger partial charge in [0.1, 0.15) is 11.4 Å². The third-order valence-electron chi connectivity index (χ3n) is 4.11. The Labute approximate surface area is 113 Å². The van der Waals surface area contributed by atoms with Crippen LogP contribution in [0.1, 0.15) is 50.2 Å². The van der Waals surface area contributed by atoms with E-state index >= 15 is 0 Å². The second-order valence-corrected chi connectivity index (χ2v) is 6.45. The summed E-state index contributed by atoms with van der Waals surface area (Å²) in [4.78, 5) is 11.0. The van der Waals surface area contributed by atoms with Gasteiger partial charge in [0.15, 0.2) is 0 Å². The molecule has 19 heavy (non-hydrogen) atoms. The van der Waals surface area contributed by atoms with Crippen molar-refractivity contribution in [2.75, 3.05) is 0 Å². The Morgan fingerprint density at radius 3 is 2.84 bits per heavy atom. The van der Waals surface area contributed by atoms with Gasteiger partial charge >= 0.3 is 5.97 Å². The molecule has 102 valence electrons. The summed E-state index contributed by atoms with van der Waals surface area (Å²) in [5.74, 6) is 0.927. The van der Waals surface area contributed by atoms with E-state index in [-0.39, 0.29) is 17.9 Å². The molecular weight excluding hydrogens is 240 g/mol. The number of hydrogen-bond acceptors (Lipinski definition) is 2. The van der Waals surface area contributed by atoms with E-state index in [1.54, 1.807) is 0 Å². The van der Waals surface area contributed by atoms with Gasteiger partial charge < -0.3 is 9.84 Å². The van der Waals surface area contributed by atoms with Crippen molar-refractivity contribution in [2.24, 2.45) is 5.92 Å². The van der Waals surface area contributed by atoms with E-state index < -0.39 is 5.97 Å². The van der Waals surface area contributed by atoms with Crippen LogP contribution in [0, 0.1) is 5.92 Å². The predicted octanol–water partition coefficient (Wildman–Crippen LogP) is 3.37. The van der Waals surface area contributed by atoms with Crippen molar-refractivity contribution in [1.29, 1.82) is 0 Å². The zero-order chi connectivity index (χ0) is 13.6. The number of fused-ring (bicyclic) bond motifs is 1. The lowest BCUT2D eigenvalue weighted by atomic mass is 9.89. The van der Waals surface area contributed by atoms with Crippen molar-refractivity contribution in [3.8, 4) is 5.75 Å². The highest BCUT2D eigenvalue weighted by atomic mass is 16.5. The fourth-order valence-corrected chi connectivity index (χ4v) is 3.08. The molecule has 0 bridgehead atoms. The number of carbonyl (C=O) groups is 1. The minimum Gasteiger partial charge on any atom is -0.487 e. The Hall–Kier alpha value is -1.51. The van der Waals surface area contributed by atoms with Crippen molar-refractivity contribution >= 4 is 5.97 Å². The molecule has 3 nitrogen and oxygen atoms in total. The normalized spacial score (nSPS) is 21.6. The first-order chi connectivity index (χ1) is 8.94. The highest BCUT2D eigenvalue weighted by molar-refractivity contribution is 5.68. The molecule has 0 saturated heterocycles. The lowest BCUT2D eigenvalue weighted by molar-refractivity contribution is -0.137. The molecule has 3 heteroatoms. The Morgan fingerprint density at radius 2 is 2.21 bits per heavy atom. The van der Waals surface area contributed by atoms with Gasteiger partial charge in [-0.2, -0.15) is 0 Å². The molecule has 1 aromatic carbocycles. The first-order valence-electron chi connectivity index (χ1n) is 6.98. The number of carboxylic acid groups (broad SMARTS) is 1. The van der Waals surface area contributed by atoms with Crippen LogP contribution in [0.4, 0.5) is 0 Å². The van der Waals surface area contributed by atoms with Gasteiger partial charge in [-0.15, -0.1) is 0 Å². The van der Waals surface area contributed by atoms with Gasteiger partial charge in [0.25, 0.3) is 0 Å². The quantitative estimate of drug-likeness (QED) is 0.902. The molecule has 0 amide bonds. The van der Waals surface area contributed by atoms with Gasteiger partial charge in [0.2, 0.25) is 0 Å². The Morgan fingerprint density at radius 1 is 1.47 bits per heavy atom. The smallest absolute Gasteiger partial charge is 0.303 e. The van der Waals surface area contributed by atoms with E-state index in [0.29, 0.717) is 5.92 Å². The van der Waals surface area contributed by atoms with Gasteiger partial charge in [-0.1, -0.05) is 12.1 Å². The fourth-order valence-electron chi connectivity index (χ4n) is 3.08. The van der Waals surface area contributed by atoms with Crippen LogP contribution < -0.4 is 4.74 Å². The lowest BCUT2D eigenvalue weighted by Gasteiger charge is -2.18. The van der Waals surface area contributed by atoms with Crippen molar-refractivity contribution in [1.82, 2.24) is 0 Å². The molecule has 1 aromatic rings. The molecule has 1 saturated carbocycles. The van der Waals surface area contributed by atoms with E-state index in [2.05, 4.69) is 32.0 Å². The zero-order valence-electron chi connectivity index (χ0n) is 11.5. The summed E-state index contributed by atoms with van der Waals surface area (Å²) in [6, 6.07) is 6.27. The van der Waals surface area contributed by atoms with Crippen LogP contribution >= 0.6 is 0 Å². The van der Waals surface area contributed by atoms with Crippen molar-refractivity contribution in [2.45, 2.75) is 51.0 Å². The summed E-state index contributed by atoms with van der Waals surface area (Å²) in [7, 11) is 0. The Bertz CT molecular complexity index is 515. The van der Waals surface area contributed by atoms with Gasteiger partial charge in [0, 0.05) is 6.42 Å². The molecule has 2 aliphatic rings. The van der Waals surface area contributed by atoms with Gasteiger partial charge in [-0.25, -0.2) is 0 Å². The van der Waals surface area contributed by atoms with Crippen LogP contribution in [0.25, 0.3) is 0 Å². The molecule has 3 rings (SSSR count). The van der Waals surface area contributed by atoms with Crippen molar-refractivity contribution in [3.63, 3.8) is 0 Å². The van der Waals surface area contributed by atoms with E-state index in [9.17, 15) is 4.79 Å². The Kier molecular flexibility index (Phi) is 2.80. The maximum absolute atomic E-state index is 11.0. The summed E-state index contributed by atoms with van der Waals surface area (Å²) in [6.45, 7) is 4.17. The third kappa shape index (κ3) is 2.60. The molecule has 1 fully saturated rings. The van der Waals surface area contributed by atoms with Crippen LogP contribution in [0.2, 0.25) is 0 Å². The summed E-state index contributed by atoms with van der Waals surface area (Å²) < 4.78 is 5.94. The van der Waals surface area contributed by atoms with Crippen LogP contribution in [-0.4, -0.2) is 16.7 Å². The molecule has 1 atom stereocenters. The molecule has 0 radical (unpaired) electrons. The lowest BCUT2D eigenvalue weighted by Crippen LogP contribution is -2.24. The number of benzene rings is 1. The summed E-state index contributed by atoms with van der Waals surface area (Å²) in [5.41, 5.74) is 2.23. The predicted molar refractivity (Wildman–Crippen MR) is 72.6 cm³/mol. The first-order valence-corrected chi connectivity index (χ1v) is 6.98. The highest BCUT2D eigenvalue weighted by Crippen LogP contribution is 2.46. The average molecular weight is 260 g/mol. The second-order valence-electron chi connectivity index (χ2n) is 6.45. The van der Waals surface area contributed by atoms with E-state index in [0.717, 1.165) is 30.6 Å². The van der Waals surface area contributed by atoms with Crippen molar-refractivity contribution < 1.29 is 14.6 Å². The highest BCUT2D eigenvalue weighted by Gasteiger charge is 2.35. The third-order valence-corrected chi connectivity index (χ3v) is 4.11. The number of carboxylic acids is 1. The van der Waals surface area contributed by atoms with Gasteiger partial charge in [-0.3, -0.25) is 4.79 Å². The molecule has 1 aliphatic heterocycles. The monoisotopic (exact) mass is 260 g/mol. The molecule has 1 heterocycles. The Balaban J connectivity index is 1.87. The van der Waals surface area contributed by atoms with Gasteiger partial charge in [-0.05, 0) is 55.7 Å². The molecule has 0 spiro atoms. The molecule has 1 N–H and O–H groups in total. The van der Waals surface area contributed by atoms with Crippen LogP contribution in [0.3, 0.4) is 0 Å². The molecule has 1 unspecified atom stereocenters. The second kappa shape index (κ2) is 4.26. The molecular formula is C16H20O3. The first kappa shape index (κ1) is 12.5. The summed E-state index contributed by atoms with van der Waals surface area (Å²) >= 11 is 0. The number of aliphatic carboxylic acids is 1. The van der Waals surface area contributed by atoms with E-state index in [1.165, 1.54) is 5.56 Å². The number of hydrogen-bond donors (Lipinski definition) is 1. The largest absolute Gasteiger partial charge is 0.487 e. The van der Waals surface area contributed by atoms with Crippen LogP contribution in [0.5, 0.6) is 5.75 Å². The van der Waals surface area contributed by atoms with Crippen LogP contribution in [0.15, 0.2) is 18.2 Å². The maximum Gasteiger partial charge on any atom is 0.303 e. The summed E-state index contributed by atoms with van der Waals surface area (Å²) in [6.07, 6.45) is 3.46. The van der Waals surface area contributed by atoms with E-state index in [1.807, 2.05) is 0 Å². The molecule has 0 aromatic heterocycles. The minimum atomic E-state index is -0.710. The maximum atomic E-state index is 11.0. The van der Waals surface area contributed by atoms with Crippen molar-refractivity contribution in [3.05, 3.63) is 29.3 Å². The topological polar surface area (TPSA) is 46.5 Å².